The molecule has 2 N–H and O–H groups in total. The van der Waals surface area contributed by atoms with E-state index in [1.807, 2.05) is 26.0 Å². The Bertz CT molecular complexity index is 471. The molecule has 19 heavy (non-hydrogen) atoms. The average molecular weight is 265 g/mol. The van der Waals surface area contributed by atoms with Crippen LogP contribution in [0.2, 0.25) is 0 Å². The van der Waals surface area contributed by atoms with Gasteiger partial charge in [-0.1, -0.05) is 0 Å². The molecule has 104 valence electrons. The van der Waals surface area contributed by atoms with Gasteiger partial charge in [-0.2, -0.15) is 0 Å². The highest BCUT2D eigenvalue weighted by Crippen LogP contribution is 2.30. The average Bonchev–Trinajstić information content (AvgIpc) is 2.26. The van der Waals surface area contributed by atoms with Crippen LogP contribution in [0, 0.1) is 19.3 Å². The number of aryl methyl sites for hydroxylation is 2. The number of hydrogen-bond donors (Lipinski definition) is 2. The number of benzene rings is 1. The van der Waals surface area contributed by atoms with Crippen LogP contribution >= 0.6 is 0 Å². The van der Waals surface area contributed by atoms with Crippen molar-refractivity contribution in [2.75, 3.05) is 32.2 Å². The Morgan fingerprint density at radius 1 is 1.42 bits per heavy atom. The van der Waals surface area contributed by atoms with Gasteiger partial charge in [-0.3, -0.25) is 4.79 Å². The van der Waals surface area contributed by atoms with Gasteiger partial charge in [0.15, 0.2) is 0 Å². The summed E-state index contributed by atoms with van der Waals surface area (Å²) in [5.74, 6) is 0.0543. The predicted molar refractivity (Wildman–Crippen MR) is 71.8 cm³/mol. The number of hydrogen-bond acceptors (Lipinski definition) is 4. The summed E-state index contributed by atoms with van der Waals surface area (Å²) in [4.78, 5) is 11.2. The minimum absolute atomic E-state index is 0.267. The van der Waals surface area contributed by atoms with E-state index in [0.29, 0.717) is 6.54 Å². The largest absolute Gasteiger partial charge is 0.496 e. The van der Waals surface area contributed by atoms with E-state index >= 15 is 0 Å². The Hall–Kier alpha value is -1.75. The number of rotatable bonds is 5. The molecule has 1 aliphatic heterocycles. The minimum atomic E-state index is -0.812. The first-order valence-electron chi connectivity index (χ1n) is 6.19. The van der Waals surface area contributed by atoms with Crippen LogP contribution in [-0.2, 0) is 9.53 Å². The molecule has 0 aliphatic carbocycles. The van der Waals surface area contributed by atoms with Gasteiger partial charge in [0.2, 0.25) is 0 Å². The third-order valence-electron chi connectivity index (χ3n) is 3.51. The molecule has 0 aromatic heterocycles. The van der Waals surface area contributed by atoms with Gasteiger partial charge >= 0.3 is 5.97 Å². The topological polar surface area (TPSA) is 67.8 Å². The summed E-state index contributed by atoms with van der Waals surface area (Å²) in [5.41, 5.74) is 2.17. The normalized spacial score (nSPS) is 16.6. The summed E-state index contributed by atoms with van der Waals surface area (Å²) >= 11 is 0. The molecule has 1 saturated heterocycles. The fraction of sp³-hybridized carbons (Fsp3) is 0.500. The van der Waals surface area contributed by atoms with Gasteiger partial charge in [-0.25, -0.2) is 0 Å². The fourth-order valence-corrected chi connectivity index (χ4v) is 2.30. The zero-order valence-corrected chi connectivity index (χ0v) is 11.4. The molecule has 0 spiro atoms. The van der Waals surface area contributed by atoms with E-state index < -0.39 is 11.4 Å². The Kier molecular flexibility index (Phi) is 3.66. The lowest BCUT2D eigenvalue weighted by Crippen LogP contribution is -2.53. The van der Waals surface area contributed by atoms with E-state index in [9.17, 15) is 9.90 Å². The molecule has 0 bridgehead atoms. The number of methoxy groups -OCH3 is 1. The maximum Gasteiger partial charge on any atom is 0.316 e. The first-order valence-corrected chi connectivity index (χ1v) is 6.19. The smallest absolute Gasteiger partial charge is 0.316 e. The zero-order valence-electron chi connectivity index (χ0n) is 11.4. The van der Waals surface area contributed by atoms with Crippen LogP contribution in [0.3, 0.4) is 0 Å². The van der Waals surface area contributed by atoms with Gasteiger partial charge < -0.3 is 19.9 Å². The molecule has 0 unspecified atom stereocenters. The quantitative estimate of drug-likeness (QED) is 0.850. The number of nitrogens with one attached hydrogen (secondary N) is 1. The first-order chi connectivity index (χ1) is 8.98. The molecule has 1 aliphatic rings. The number of ether oxygens (including phenoxy) is 2. The highest BCUT2D eigenvalue weighted by molar-refractivity contribution is 5.77. The van der Waals surface area contributed by atoms with Crippen molar-refractivity contribution in [1.82, 2.24) is 0 Å². The van der Waals surface area contributed by atoms with E-state index in [1.165, 1.54) is 0 Å². The van der Waals surface area contributed by atoms with Crippen LogP contribution in [0.4, 0.5) is 5.69 Å². The highest BCUT2D eigenvalue weighted by atomic mass is 16.5. The molecule has 0 atom stereocenters. The number of anilines is 1. The molecule has 0 amide bonds. The van der Waals surface area contributed by atoms with Gasteiger partial charge in [0.05, 0.1) is 20.3 Å². The lowest BCUT2D eigenvalue weighted by molar-refractivity contribution is -0.176. The minimum Gasteiger partial charge on any atom is -0.496 e. The monoisotopic (exact) mass is 265 g/mol. The van der Waals surface area contributed by atoms with Crippen LogP contribution in [0.25, 0.3) is 0 Å². The summed E-state index contributed by atoms with van der Waals surface area (Å²) < 4.78 is 10.3. The number of carbonyl (C=O) groups is 1. The van der Waals surface area contributed by atoms with Gasteiger partial charge in [-0.05, 0) is 37.1 Å². The molecule has 0 radical (unpaired) electrons. The van der Waals surface area contributed by atoms with Crippen molar-refractivity contribution in [2.45, 2.75) is 13.8 Å². The third-order valence-corrected chi connectivity index (χ3v) is 3.51. The van der Waals surface area contributed by atoms with Crippen molar-refractivity contribution < 1.29 is 19.4 Å². The lowest BCUT2D eigenvalue weighted by atomic mass is 9.86. The predicted octanol–water partition coefficient (Wildman–Crippen LogP) is 1.83. The summed E-state index contributed by atoms with van der Waals surface area (Å²) in [6, 6.07) is 3.92. The Morgan fingerprint density at radius 3 is 2.37 bits per heavy atom. The Labute approximate surface area is 112 Å². The van der Waals surface area contributed by atoms with Crippen LogP contribution in [0.15, 0.2) is 12.1 Å². The second-order valence-electron chi connectivity index (χ2n) is 5.08. The summed E-state index contributed by atoms with van der Waals surface area (Å²) in [6.07, 6.45) is 0. The van der Waals surface area contributed by atoms with Crippen molar-refractivity contribution in [3.8, 4) is 5.75 Å². The second-order valence-corrected chi connectivity index (χ2v) is 5.08. The number of carboxylic acids is 1. The van der Waals surface area contributed by atoms with Crippen molar-refractivity contribution >= 4 is 11.7 Å². The van der Waals surface area contributed by atoms with Gasteiger partial charge in [-0.15, -0.1) is 0 Å². The molecule has 1 fully saturated rings. The van der Waals surface area contributed by atoms with Crippen molar-refractivity contribution in [3.05, 3.63) is 23.3 Å². The second kappa shape index (κ2) is 5.09. The van der Waals surface area contributed by atoms with Gasteiger partial charge in [0, 0.05) is 12.2 Å². The van der Waals surface area contributed by atoms with Crippen molar-refractivity contribution in [1.29, 1.82) is 0 Å². The maximum absolute atomic E-state index is 11.2. The maximum atomic E-state index is 11.2. The van der Waals surface area contributed by atoms with Crippen LogP contribution in [0.1, 0.15) is 11.1 Å². The summed E-state index contributed by atoms with van der Waals surface area (Å²) in [7, 11) is 1.65. The Morgan fingerprint density at radius 2 is 2.00 bits per heavy atom. The first kappa shape index (κ1) is 13.7. The molecule has 5 nitrogen and oxygen atoms in total. The molecule has 1 heterocycles. The molecule has 1 aromatic rings. The number of carboxylic acid groups (broad SMARTS) is 1. The van der Waals surface area contributed by atoms with E-state index in [-0.39, 0.29) is 13.2 Å². The van der Waals surface area contributed by atoms with E-state index in [4.69, 9.17) is 9.47 Å². The number of aliphatic carboxylic acids is 1. The lowest BCUT2D eigenvalue weighted by Gasteiger charge is -2.37. The molecule has 0 saturated carbocycles. The molecule has 5 heteroatoms. The summed E-state index contributed by atoms with van der Waals surface area (Å²) in [6.45, 7) is 4.84. The molecule has 1 aromatic carbocycles. The van der Waals surface area contributed by atoms with Crippen LogP contribution < -0.4 is 10.1 Å². The fourth-order valence-electron chi connectivity index (χ4n) is 2.30. The van der Waals surface area contributed by atoms with Crippen LogP contribution in [-0.4, -0.2) is 37.9 Å². The summed E-state index contributed by atoms with van der Waals surface area (Å²) in [5, 5.41) is 12.4. The zero-order chi connectivity index (χ0) is 14.0. The van der Waals surface area contributed by atoms with Crippen LogP contribution in [0.5, 0.6) is 5.75 Å². The van der Waals surface area contributed by atoms with E-state index in [2.05, 4.69) is 5.32 Å². The third kappa shape index (κ3) is 2.51. The Balaban J connectivity index is 2.10. The van der Waals surface area contributed by atoms with E-state index in [0.717, 1.165) is 22.6 Å². The molecular weight excluding hydrogens is 246 g/mol. The van der Waals surface area contributed by atoms with Crippen molar-refractivity contribution in [3.63, 3.8) is 0 Å². The standard InChI is InChI=1S/C14H19NO4/c1-9-4-11(5-10(2)12(9)18-3)15-6-14(13(16)17)7-19-8-14/h4-5,15H,6-8H2,1-3H3,(H,16,17). The van der Waals surface area contributed by atoms with Gasteiger partial charge in [0.25, 0.3) is 0 Å². The molecule has 2 rings (SSSR count). The van der Waals surface area contributed by atoms with Gasteiger partial charge in [0.1, 0.15) is 11.2 Å². The van der Waals surface area contributed by atoms with E-state index in [1.54, 1.807) is 7.11 Å². The molecular formula is C14H19NO4. The SMILES string of the molecule is COc1c(C)cc(NCC2(C(=O)O)COC2)cc1C. The van der Waals surface area contributed by atoms with Crippen molar-refractivity contribution in [2.24, 2.45) is 5.41 Å². The highest BCUT2D eigenvalue weighted by Gasteiger charge is 2.46.